The predicted molar refractivity (Wildman–Crippen MR) is 131 cm³/mol. The van der Waals surface area contributed by atoms with Gasteiger partial charge in [-0.2, -0.15) is 0 Å². The van der Waals surface area contributed by atoms with Crippen LogP contribution in [-0.2, 0) is 21.2 Å². The van der Waals surface area contributed by atoms with E-state index in [0.717, 1.165) is 34.0 Å². The SMILES string of the molecule is COc1ccc(Cl)cc1N(CC(=O)N1CCCc2ccccc21)S(=O)(=O)c1ccc(C)cc1. The highest BCUT2D eigenvalue weighted by atomic mass is 35.5. The van der Waals surface area contributed by atoms with Crippen LogP contribution in [0.2, 0.25) is 5.02 Å². The van der Waals surface area contributed by atoms with E-state index in [4.69, 9.17) is 16.3 Å². The number of carbonyl (C=O) groups excluding carboxylic acids is 1. The summed E-state index contributed by atoms with van der Waals surface area (Å²) in [6.45, 7) is 2.02. The summed E-state index contributed by atoms with van der Waals surface area (Å²) in [4.78, 5) is 15.3. The molecule has 0 aliphatic carbocycles. The molecule has 8 heteroatoms. The minimum Gasteiger partial charge on any atom is -0.495 e. The van der Waals surface area contributed by atoms with Crippen molar-refractivity contribution in [2.75, 3.05) is 29.4 Å². The summed E-state index contributed by atoms with van der Waals surface area (Å²) in [5, 5.41) is 0.339. The molecule has 0 aromatic heterocycles. The minimum atomic E-state index is -4.08. The van der Waals surface area contributed by atoms with Gasteiger partial charge in [-0.05, 0) is 61.7 Å². The maximum Gasteiger partial charge on any atom is 0.264 e. The topological polar surface area (TPSA) is 66.9 Å². The van der Waals surface area contributed by atoms with Crippen LogP contribution in [0.5, 0.6) is 5.75 Å². The van der Waals surface area contributed by atoms with Crippen LogP contribution in [-0.4, -0.2) is 34.5 Å². The number of sulfonamides is 1. The van der Waals surface area contributed by atoms with Crippen molar-refractivity contribution < 1.29 is 17.9 Å². The van der Waals surface area contributed by atoms with Crippen LogP contribution >= 0.6 is 11.6 Å². The summed E-state index contributed by atoms with van der Waals surface area (Å²) in [5.41, 5.74) is 3.04. The average molecular weight is 485 g/mol. The highest BCUT2D eigenvalue weighted by Gasteiger charge is 2.32. The number of methoxy groups -OCH3 is 1. The first-order valence-electron chi connectivity index (χ1n) is 10.6. The number of halogens is 1. The molecular weight excluding hydrogens is 460 g/mol. The summed E-state index contributed by atoms with van der Waals surface area (Å²) >= 11 is 6.21. The van der Waals surface area contributed by atoms with E-state index in [2.05, 4.69) is 0 Å². The normalized spacial score (nSPS) is 13.4. The Morgan fingerprint density at radius 3 is 2.55 bits per heavy atom. The third-order valence-electron chi connectivity index (χ3n) is 5.71. The highest BCUT2D eigenvalue weighted by molar-refractivity contribution is 7.92. The highest BCUT2D eigenvalue weighted by Crippen LogP contribution is 2.35. The molecule has 1 aliphatic rings. The number of carbonyl (C=O) groups is 1. The van der Waals surface area contributed by atoms with Gasteiger partial charge in [0.25, 0.3) is 10.0 Å². The molecule has 1 amide bonds. The van der Waals surface area contributed by atoms with Crippen molar-refractivity contribution in [3.63, 3.8) is 0 Å². The monoisotopic (exact) mass is 484 g/mol. The van der Waals surface area contributed by atoms with Crippen molar-refractivity contribution >= 4 is 38.9 Å². The number of nitrogens with zero attached hydrogens (tertiary/aromatic N) is 2. The van der Waals surface area contributed by atoms with Gasteiger partial charge in [-0.3, -0.25) is 9.10 Å². The van der Waals surface area contributed by atoms with Crippen LogP contribution in [0, 0.1) is 6.92 Å². The zero-order valence-electron chi connectivity index (χ0n) is 18.5. The molecule has 6 nitrogen and oxygen atoms in total. The van der Waals surface area contributed by atoms with Gasteiger partial charge in [0, 0.05) is 17.3 Å². The van der Waals surface area contributed by atoms with Gasteiger partial charge < -0.3 is 9.64 Å². The number of para-hydroxylation sites is 1. The molecule has 0 saturated heterocycles. The lowest BCUT2D eigenvalue weighted by molar-refractivity contribution is -0.117. The summed E-state index contributed by atoms with van der Waals surface area (Å²) in [7, 11) is -2.63. The van der Waals surface area contributed by atoms with Crippen LogP contribution in [0.1, 0.15) is 17.5 Å². The number of anilines is 2. The molecule has 0 spiro atoms. The summed E-state index contributed by atoms with van der Waals surface area (Å²) in [5.74, 6) is -0.0122. The lowest BCUT2D eigenvalue weighted by Gasteiger charge is -2.32. The van der Waals surface area contributed by atoms with E-state index in [1.807, 2.05) is 31.2 Å². The quantitative estimate of drug-likeness (QED) is 0.502. The second kappa shape index (κ2) is 9.45. The zero-order valence-corrected chi connectivity index (χ0v) is 20.1. The Bertz CT molecular complexity index is 1280. The second-order valence-corrected chi connectivity index (χ2v) is 10.2. The van der Waals surface area contributed by atoms with Crippen LogP contribution in [0.15, 0.2) is 71.6 Å². The fourth-order valence-corrected chi connectivity index (χ4v) is 5.58. The maximum absolute atomic E-state index is 13.7. The fraction of sp³-hybridized carbons (Fsp3) is 0.240. The average Bonchev–Trinajstić information content (AvgIpc) is 2.82. The van der Waals surface area contributed by atoms with Crippen LogP contribution in [0.4, 0.5) is 11.4 Å². The molecule has 0 unspecified atom stereocenters. The molecule has 0 radical (unpaired) electrons. The predicted octanol–water partition coefficient (Wildman–Crippen LogP) is 4.83. The number of fused-ring (bicyclic) bond motifs is 1. The smallest absolute Gasteiger partial charge is 0.264 e. The molecule has 172 valence electrons. The summed E-state index contributed by atoms with van der Waals surface area (Å²) in [6.07, 6.45) is 1.70. The van der Waals surface area contributed by atoms with E-state index >= 15 is 0 Å². The number of rotatable bonds is 6. The van der Waals surface area contributed by atoms with Gasteiger partial charge in [0.1, 0.15) is 12.3 Å². The molecule has 33 heavy (non-hydrogen) atoms. The Morgan fingerprint density at radius 1 is 1.09 bits per heavy atom. The largest absolute Gasteiger partial charge is 0.495 e. The molecule has 0 fully saturated rings. The van der Waals surface area contributed by atoms with Crippen molar-refractivity contribution in [3.05, 3.63) is 82.9 Å². The van der Waals surface area contributed by atoms with Gasteiger partial charge in [-0.15, -0.1) is 0 Å². The molecule has 3 aromatic carbocycles. The molecule has 1 aliphatic heterocycles. The molecule has 0 bridgehead atoms. The van der Waals surface area contributed by atoms with Crippen LogP contribution < -0.4 is 13.9 Å². The first-order chi connectivity index (χ1) is 15.8. The van der Waals surface area contributed by atoms with Crippen LogP contribution in [0.3, 0.4) is 0 Å². The summed E-state index contributed by atoms with van der Waals surface area (Å²) in [6, 6.07) is 18.9. The number of hydrogen-bond donors (Lipinski definition) is 0. The number of amides is 1. The van der Waals surface area contributed by atoms with Crippen molar-refractivity contribution in [3.8, 4) is 5.75 Å². The van der Waals surface area contributed by atoms with E-state index in [0.29, 0.717) is 17.3 Å². The first kappa shape index (κ1) is 23.1. The second-order valence-electron chi connectivity index (χ2n) is 7.92. The van der Waals surface area contributed by atoms with Gasteiger partial charge in [-0.1, -0.05) is 47.5 Å². The van der Waals surface area contributed by atoms with Crippen molar-refractivity contribution in [2.45, 2.75) is 24.7 Å². The third-order valence-corrected chi connectivity index (χ3v) is 7.72. The van der Waals surface area contributed by atoms with Gasteiger partial charge in [0.05, 0.1) is 17.7 Å². The number of ether oxygens (including phenoxy) is 1. The molecule has 1 heterocycles. The standard InChI is InChI=1S/C25H25ClN2O4S/c1-18-9-12-21(13-10-18)33(30,31)28(23-16-20(26)11-14-24(23)32-2)17-25(29)27-15-5-7-19-6-3-4-8-22(19)27/h3-4,6,8-14,16H,5,7,15,17H2,1-2H3. The Kier molecular flexibility index (Phi) is 6.63. The van der Waals surface area contributed by atoms with Crippen molar-refractivity contribution in [1.82, 2.24) is 0 Å². The van der Waals surface area contributed by atoms with Gasteiger partial charge in [0.15, 0.2) is 0 Å². The molecule has 4 rings (SSSR count). The van der Waals surface area contributed by atoms with E-state index in [9.17, 15) is 13.2 Å². The van der Waals surface area contributed by atoms with Crippen LogP contribution in [0.25, 0.3) is 0 Å². The number of aryl methyl sites for hydroxylation is 2. The fourth-order valence-electron chi connectivity index (χ4n) is 4.00. The molecular formula is C25H25ClN2O4S. The third kappa shape index (κ3) is 4.70. The molecule has 0 saturated carbocycles. The molecule has 3 aromatic rings. The van der Waals surface area contributed by atoms with E-state index in [-0.39, 0.29) is 23.0 Å². The van der Waals surface area contributed by atoms with E-state index in [1.165, 1.54) is 25.3 Å². The maximum atomic E-state index is 13.7. The number of benzene rings is 3. The lowest BCUT2D eigenvalue weighted by atomic mass is 10.0. The Morgan fingerprint density at radius 2 is 1.82 bits per heavy atom. The molecule has 0 N–H and O–H groups in total. The van der Waals surface area contributed by atoms with Gasteiger partial charge in [-0.25, -0.2) is 8.42 Å². The Hall–Kier alpha value is -3.03. The van der Waals surface area contributed by atoms with Gasteiger partial charge in [0.2, 0.25) is 5.91 Å². The minimum absolute atomic E-state index is 0.0852. The number of hydrogen-bond acceptors (Lipinski definition) is 4. The van der Waals surface area contributed by atoms with E-state index in [1.54, 1.807) is 29.2 Å². The Labute approximate surface area is 199 Å². The summed E-state index contributed by atoms with van der Waals surface area (Å²) < 4.78 is 34.0. The van der Waals surface area contributed by atoms with Crippen molar-refractivity contribution in [2.24, 2.45) is 0 Å². The Balaban J connectivity index is 1.78. The molecule has 0 atom stereocenters. The first-order valence-corrected chi connectivity index (χ1v) is 12.4. The lowest BCUT2D eigenvalue weighted by Crippen LogP contribution is -2.45. The van der Waals surface area contributed by atoms with Crippen molar-refractivity contribution in [1.29, 1.82) is 0 Å². The zero-order chi connectivity index (χ0) is 23.6. The van der Waals surface area contributed by atoms with E-state index < -0.39 is 10.0 Å². The van der Waals surface area contributed by atoms with Gasteiger partial charge >= 0.3 is 0 Å².